The molecule has 1 saturated heterocycles. The Morgan fingerprint density at radius 2 is 1.94 bits per heavy atom. The molecule has 2 aliphatic rings. The summed E-state index contributed by atoms with van der Waals surface area (Å²) in [5.41, 5.74) is 2.32. The summed E-state index contributed by atoms with van der Waals surface area (Å²) in [5, 5.41) is -0.154. The van der Waals surface area contributed by atoms with E-state index in [2.05, 4.69) is 16.5 Å². The van der Waals surface area contributed by atoms with Crippen molar-refractivity contribution in [2.45, 2.75) is 24.0 Å². The van der Waals surface area contributed by atoms with Crippen LogP contribution in [0, 0.1) is 0 Å². The Kier molecular flexibility index (Phi) is 6.22. The maximum Gasteiger partial charge on any atom is 0.431 e. The number of rotatable bonds is 3. The molecule has 0 saturated carbocycles. The highest BCUT2D eigenvalue weighted by Crippen LogP contribution is 2.39. The van der Waals surface area contributed by atoms with Gasteiger partial charge in [-0.2, -0.15) is 13.2 Å². The van der Waals surface area contributed by atoms with E-state index in [1.807, 2.05) is 0 Å². The van der Waals surface area contributed by atoms with Crippen LogP contribution in [-0.2, 0) is 11.0 Å². The van der Waals surface area contributed by atoms with Crippen molar-refractivity contribution in [3.63, 3.8) is 0 Å². The van der Waals surface area contributed by atoms with Crippen LogP contribution >= 0.6 is 11.6 Å². The normalized spacial score (nSPS) is 23.2. The second-order valence-electron chi connectivity index (χ2n) is 8.34. The first-order valence-corrected chi connectivity index (χ1v) is 10.9. The van der Waals surface area contributed by atoms with Crippen LogP contribution in [0.4, 0.5) is 23.4 Å². The van der Waals surface area contributed by atoms with Gasteiger partial charge in [-0.1, -0.05) is 12.7 Å². The van der Waals surface area contributed by atoms with E-state index in [1.54, 1.807) is 4.90 Å². The van der Waals surface area contributed by atoms with Crippen molar-refractivity contribution in [1.82, 2.24) is 19.4 Å². The van der Waals surface area contributed by atoms with Gasteiger partial charge in [0.25, 0.3) is 5.56 Å². The molecule has 1 amide bonds. The van der Waals surface area contributed by atoms with Crippen LogP contribution in [0.15, 0.2) is 47.8 Å². The molecule has 186 valence electrons. The van der Waals surface area contributed by atoms with Gasteiger partial charge in [0.05, 0.1) is 22.0 Å². The molecule has 3 heterocycles. The molecular weight excluding hydrogens is 492 g/mol. The minimum absolute atomic E-state index is 0.0972. The number of aromatic nitrogens is 3. The van der Waals surface area contributed by atoms with E-state index in [0.29, 0.717) is 6.07 Å². The first kappa shape index (κ1) is 24.9. The van der Waals surface area contributed by atoms with Gasteiger partial charge in [0.1, 0.15) is 29.2 Å². The van der Waals surface area contributed by atoms with Crippen molar-refractivity contribution in [3.8, 4) is 0 Å². The summed E-state index contributed by atoms with van der Waals surface area (Å²) in [5.74, 6) is -1.28. The number of hydrogen-bond acceptors (Lipinski definition) is 6. The summed E-state index contributed by atoms with van der Waals surface area (Å²) in [6.45, 7) is 5.93. The second kappa shape index (κ2) is 8.76. The second-order valence-corrected chi connectivity index (χ2v) is 9.15. The van der Waals surface area contributed by atoms with Crippen LogP contribution in [0.2, 0.25) is 0 Å². The Labute approximate surface area is 202 Å². The standard InChI is InChI=1S/C22H21ClF4N6O2/c1-3-15(34)31-6-8-32(9-7-31)19-12-10-14(22(25,26)27)33(20(35)16(12)29-11-30-19)17-13(24)4-5-21(2,23)18(17)28/h3-5,10-11,18H,1,6-9,28H2,2H3. The molecule has 35 heavy (non-hydrogen) atoms. The lowest BCUT2D eigenvalue weighted by atomic mass is 9.92. The van der Waals surface area contributed by atoms with Crippen LogP contribution in [0.5, 0.6) is 0 Å². The van der Waals surface area contributed by atoms with Gasteiger partial charge in [0, 0.05) is 26.2 Å². The number of carbonyl (C=O) groups is 1. The first-order valence-electron chi connectivity index (χ1n) is 10.5. The number of alkyl halides is 4. The molecule has 0 bridgehead atoms. The quantitative estimate of drug-likeness (QED) is 0.386. The molecule has 0 radical (unpaired) electrons. The molecule has 2 N–H and O–H groups in total. The molecule has 2 aromatic rings. The molecule has 4 rings (SSSR count). The fourth-order valence-corrected chi connectivity index (χ4v) is 4.33. The van der Waals surface area contributed by atoms with Crippen LogP contribution in [-0.4, -0.2) is 62.4 Å². The number of pyridine rings is 1. The molecular formula is C22H21ClF4N6O2. The van der Waals surface area contributed by atoms with E-state index in [1.165, 1.54) is 24.0 Å². The van der Waals surface area contributed by atoms with Gasteiger partial charge in [-0.05, 0) is 25.1 Å². The van der Waals surface area contributed by atoms with E-state index < -0.39 is 39.9 Å². The zero-order chi connectivity index (χ0) is 25.7. The monoisotopic (exact) mass is 512 g/mol. The minimum Gasteiger partial charge on any atom is -0.352 e. The average molecular weight is 513 g/mol. The smallest absolute Gasteiger partial charge is 0.352 e. The number of allylic oxidation sites excluding steroid dienone is 2. The van der Waals surface area contributed by atoms with Gasteiger partial charge in [-0.25, -0.2) is 14.4 Å². The van der Waals surface area contributed by atoms with E-state index >= 15 is 0 Å². The van der Waals surface area contributed by atoms with Gasteiger partial charge in [0.2, 0.25) is 5.91 Å². The van der Waals surface area contributed by atoms with Crippen molar-refractivity contribution in [1.29, 1.82) is 0 Å². The number of anilines is 1. The molecule has 2 atom stereocenters. The maximum absolute atomic E-state index is 14.8. The minimum atomic E-state index is -5.05. The summed E-state index contributed by atoms with van der Waals surface area (Å²) in [4.78, 5) is 35.0. The molecule has 0 spiro atoms. The van der Waals surface area contributed by atoms with E-state index in [9.17, 15) is 27.2 Å². The topological polar surface area (TPSA) is 97.4 Å². The summed E-state index contributed by atoms with van der Waals surface area (Å²) in [7, 11) is 0. The van der Waals surface area contributed by atoms with Crippen LogP contribution in [0.1, 0.15) is 12.6 Å². The van der Waals surface area contributed by atoms with E-state index in [0.717, 1.165) is 12.4 Å². The highest BCUT2D eigenvalue weighted by Gasteiger charge is 2.42. The van der Waals surface area contributed by atoms with Crippen LogP contribution in [0.25, 0.3) is 16.6 Å². The van der Waals surface area contributed by atoms with Gasteiger partial charge in [-0.3, -0.25) is 14.2 Å². The fraction of sp³-hybridized carbons (Fsp3) is 0.364. The number of piperazine rings is 1. The molecule has 13 heteroatoms. The highest BCUT2D eigenvalue weighted by molar-refractivity contribution is 6.26. The van der Waals surface area contributed by atoms with Gasteiger partial charge < -0.3 is 15.5 Å². The summed E-state index contributed by atoms with van der Waals surface area (Å²) in [6.07, 6.45) is -0.716. The molecule has 1 fully saturated rings. The predicted octanol–water partition coefficient (Wildman–Crippen LogP) is 2.68. The summed E-state index contributed by atoms with van der Waals surface area (Å²) >= 11 is 6.27. The third-order valence-electron chi connectivity index (χ3n) is 6.09. The average Bonchev–Trinajstić information content (AvgIpc) is 2.82. The zero-order valence-corrected chi connectivity index (χ0v) is 19.3. The SMILES string of the molecule is C=CC(=O)N1CCN(c2ncnc3c(=O)n(C4=C(F)C=CC(C)(Cl)C4N)c(C(F)(F)F)cc23)CC1. The predicted molar refractivity (Wildman–Crippen MR) is 123 cm³/mol. The number of nitrogens with zero attached hydrogens (tertiary/aromatic N) is 5. The Morgan fingerprint density at radius 3 is 2.54 bits per heavy atom. The number of carbonyl (C=O) groups excluding carboxylic acids is 1. The van der Waals surface area contributed by atoms with Gasteiger partial charge in [0.15, 0.2) is 0 Å². The first-order chi connectivity index (χ1) is 16.4. The Balaban J connectivity index is 1.91. The third kappa shape index (κ3) is 4.31. The summed E-state index contributed by atoms with van der Waals surface area (Å²) < 4.78 is 57.6. The number of hydrogen-bond donors (Lipinski definition) is 1. The molecule has 2 aromatic heterocycles. The van der Waals surface area contributed by atoms with Gasteiger partial charge in [-0.15, -0.1) is 11.6 Å². The van der Waals surface area contributed by atoms with Crippen molar-refractivity contribution >= 4 is 39.9 Å². The Morgan fingerprint density at radius 1 is 1.29 bits per heavy atom. The molecule has 2 unspecified atom stereocenters. The van der Waals surface area contributed by atoms with E-state index in [-0.39, 0.29) is 53.4 Å². The summed E-state index contributed by atoms with van der Waals surface area (Å²) in [6, 6.07) is -0.744. The fourth-order valence-electron chi connectivity index (χ4n) is 4.16. The Hall–Kier alpha value is -3.25. The number of fused-ring (bicyclic) bond motifs is 1. The van der Waals surface area contributed by atoms with Crippen molar-refractivity contribution in [2.24, 2.45) is 5.73 Å². The lowest BCUT2D eigenvalue weighted by Gasteiger charge is -2.35. The largest absolute Gasteiger partial charge is 0.431 e. The molecule has 1 aliphatic heterocycles. The lowest BCUT2D eigenvalue weighted by molar-refractivity contribution is -0.142. The zero-order valence-electron chi connectivity index (χ0n) is 18.5. The molecule has 0 aromatic carbocycles. The van der Waals surface area contributed by atoms with E-state index in [4.69, 9.17) is 17.3 Å². The van der Waals surface area contributed by atoms with Crippen molar-refractivity contribution in [2.75, 3.05) is 31.1 Å². The molecule has 8 nitrogen and oxygen atoms in total. The van der Waals surface area contributed by atoms with Crippen LogP contribution in [0.3, 0.4) is 0 Å². The maximum atomic E-state index is 14.8. The number of nitrogens with two attached hydrogens (primary N) is 1. The van der Waals surface area contributed by atoms with Gasteiger partial charge >= 0.3 is 6.18 Å². The molecule has 1 aliphatic carbocycles. The third-order valence-corrected chi connectivity index (χ3v) is 6.45. The lowest BCUT2D eigenvalue weighted by Crippen LogP contribution is -2.48. The number of amides is 1. The van der Waals surface area contributed by atoms with Crippen molar-refractivity contribution in [3.05, 3.63) is 59.1 Å². The number of halogens is 5. The van der Waals surface area contributed by atoms with Crippen LogP contribution < -0.4 is 16.2 Å². The van der Waals surface area contributed by atoms with Crippen molar-refractivity contribution < 1.29 is 22.4 Å². The highest BCUT2D eigenvalue weighted by atomic mass is 35.5. The Bertz CT molecular complexity index is 1330.